The Hall–Kier alpha value is -4.86. The number of aromatic nitrogens is 2. The van der Waals surface area contributed by atoms with Crippen molar-refractivity contribution in [3.63, 3.8) is 0 Å². The number of para-hydroxylation sites is 1. The first-order chi connectivity index (χ1) is 17.4. The molecule has 5 aromatic rings. The third kappa shape index (κ3) is 3.88. The van der Waals surface area contributed by atoms with Crippen LogP contribution in [0, 0.1) is 5.82 Å². The fraction of sp³-hybridized carbons (Fsp3) is 0.115. The molecule has 1 N–H and O–H groups in total. The van der Waals surface area contributed by atoms with E-state index in [1.165, 1.54) is 30.9 Å². The molecule has 9 nitrogen and oxygen atoms in total. The average Bonchev–Trinajstić information content (AvgIpc) is 3.27. The molecule has 182 valence electrons. The van der Waals surface area contributed by atoms with Crippen molar-refractivity contribution in [3.05, 3.63) is 93.4 Å². The van der Waals surface area contributed by atoms with Gasteiger partial charge in [0.05, 0.1) is 19.9 Å². The van der Waals surface area contributed by atoms with Gasteiger partial charge in [-0.1, -0.05) is 12.1 Å². The van der Waals surface area contributed by atoms with Crippen LogP contribution in [0.25, 0.3) is 27.8 Å². The van der Waals surface area contributed by atoms with E-state index in [1.807, 2.05) is 0 Å². The average molecular weight is 489 g/mol. The minimum atomic E-state index is -0.770. The van der Waals surface area contributed by atoms with Gasteiger partial charge >= 0.3 is 11.2 Å². The zero-order valence-corrected chi connectivity index (χ0v) is 19.3. The number of furan rings is 1. The maximum Gasteiger partial charge on any atom is 0.336 e. The Morgan fingerprint density at radius 2 is 1.69 bits per heavy atom. The van der Waals surface area contributed by atoms with Crippen LogP contribution in [-0.4, -0.2) is 29.3 Å². The molecule has 1 amide bonds. The van der Waals surface area contributed by atoms with E-state index in [-0.39, 0.29) is 16.8 Å². The van der Waals surface area contributed by atoms with Crippen LogP contribution in [0.5, 0.6) is 11.5 Å². The number of carbonyl (C=O) groups excluding carboxylic acids is 1. The Balaban J connectivity index is 1.65. The number of benzene rings is 3. The number of methoxy groups -OCH3 is 2. The first-order valence-corrected chi connectivity index (χ1v) is 10.9. The van der Waals surface area contributed by atoms with Crippen molar-refractivity contribution in [1.29, 1.82) is 0 Å². The first-order valence-electron chi connectivity index (χ1n) is 10.9. The molecule has 3 aromatic carbocycles. The fourth-order valence-electron chi connectivity index (χ4n) is 4.07. The molecule has 0 aliphatic heterocycles. The van der Waals surface area contributed by atoms with Gasteiger partial charge < -0.3 is 19.2 Å². The van der Waals surface area contributed by atoms with Gasteiger partial charge in [-0.05, 0) is 48.5 Å². The maximum absolute atomic E-state index is 13.6. The molecule has 0 aliphatic rings. The second-order valence-corrected chi connectivity index (χ2v) is 7.88. The van der Waals surface area contributed by atoms with Gasteiger partial charge in [0.1, 0.15) is 23.5 Å². The van der Waals surface area contributed by atoms with E-state index in [2.05, 4.69) is 5.32 Å². The highest BCUT2D eigenvalue weighted by Gasteiger charge is 2.22. The minimum absolute atomic E-state index is 0.0981. The van der Waals surface area contributed by atoms with Crippen molar-refractivity contribution in [2.45, 2.75) is 6.54 Å². The van der Waals surface area contributed by atoms with Crippen LogP contribution in [0.3, 0.4) is 0 Å². The summed E-state index contributed by atoms with van der Waals surface area (Å²) in [6.45, 7) is -0.422. The molecule has 0 atom stereocenters. The van der Waals surface area contributed by atoms with Crippen molar-refractivity contribution in [1.82, 2.24) is 9.13 Å². The zero-order chi connectivity index (χ0) is 25.4. The van der Waals surface area contributed by atoms with Crippen LogP contribution >= 0.6 is 0 Å². The van der Waals surface area contributed by atoms with Crippen molar-refractivity contribution in [3.8, 4) is 17.2 Å². The highest BCUT2D eigenvalue weighted by Crippen LogP contribution is 2.30. The van der Waals surface area contributed by atoms with Crippen LogP contribution < -0.4 is 26.0 Å². The van der Waals surface area contributed by atoms with Gasteiger partial charge in [0, 0.05) is 17.1 Å². The summed E-state index contributed by atoms with van der Waals surface area (Å²) in [5.41, 5.74) is -0.438. The second-order valence-electron chi connectivity index (χ2n) is 7.88. The Morgan fingerprint density at radius 3 is 2.42 bits per heavy atom. The molecule has 2 aromatic heterocycles. The number of nitrogens with zero attached hydrogens (tertiary/aromatic N) is 2. The first kappa shape index (κ1) is 22.9. The largest absolute Gasteiger partial charge is 0.493 e. The number of ether oxygens (including phenoxy) is 2. The molecule has 36 heavy (non-hydrogen) atoms. The number of amides is 1. The van der Waals surface area contributed by atoms with Crippen LogP contribution in [0.4, 0.5) is 10.1 Å². The summed E-state index contributed by atoms with van der Waals surface area (Å²) in [5.74, 6) is -0.142. The normalized spacial score (nSPS) is 11.1. The van der Waals surface area contributed by atoms with Gasteiger partial charge in [-0.3, -0.25) is 14.2 Å². The monoisotopic (exact) mass is 489 g/mol. The summed E-state index contributed by atoms with van der Waals surface area (Å²) in [4.78, 5) is 39.9. The second kappa shape index (κ2) is 9.06. The Bertz CT molecular complexity index is 1730. The van der Waals surface area contributed by atoms with Gasteiger partial charge in [-0.2, -0.15) is 0 Å². The highest BCUT2D eigenvalue weighted by molar-refractivity contribution is 6.03. The summed E-state index contributed by atoms with van der Waals surface area (Å²) in [6, 6.07) is 16.6. The van der Waals surface area contributed by atoms with E-state index in [9.17, 15) is 18.8 Å². The van der Waals surface area contributed by atoms with Crippen molar-refractivity contribution < 1.29 is 23.1 Å². The number of rotatable bonds is 6. The Kier molecular flexibility index (Phi) is 5.77. The number of fused-ring (bicyclic) bond motifs is 3. The van der Waals surface area contributed by atoms with E-state index < -0.39 is 29.5 Å². The molecule has 5 rings (SSSR count). The molecule has 0 spiro atoms. The van der Waals surface area contributed by atoms with E-state index in [0.29, 0.717) is 28.2 Å². The summed E-state index contributed by atoms with van der Waals surface area (Å²) in [6.07, 6.45) is 0. The van der Waals surface area contributed by atoms with Crippen molar-refractivity contribution >= 4 is 33.7 Å². The molecule has 0 fully saturated rings. The predicted octanol–water partition coefficient (Wildman–Crippen LogP) is 3.69. The lowest BCUT2D eigenvalue weighted by molar-refractivity contribution is -0.116. The predicted molar refractivity (Wildman–Crippen MR) is 132 cm³/mol. The summed E-state index contributed by atoms with van der Waals surface area (Å²) in [7, 11) is 2.97. The van der Waals surface area contributed by atoms with E-state index in [0.717, 1.165) is 16.7 Å². The molecule has 2 heterocycles. The molecular weight excluding hydrogens is 469 g/mol. The Morgan fingerprint density at radius 1 is 0.972 bits per heavy atom. The van der Waals surface area contributed by atoms with Crippen LogP contribution in [0.2, 0.25) is 0 Å². The van der Waals surface area contributed by atoms with E-state index >= 15 is 0 Å². The quantitative estimate of drug-likeness (QED) is 0.390. The Labute approximate surface area is 202 Å². The lowest BCUT2D eigenvalue weighted by Gasteiger charge is -2.13. The molecule has 0 unspecified atom stereocenters. The van der Waals surface area contributed by atoms with Gasteiger partial charge in [0.2, 0.25) is 11.5 Å². The molecule has 0 radical (unpaired) electrons. The number of carbonyl (C=O) groups is 1. The summed E-state index contributed by atoms with van der Waals surface area (Å²) in [5, 5.41) is 3.23. The summed E-state index contributed by atoms with van der Waals surface area (Å²) < 4.78 is 31.8. The lowest BCUT2D eigenvalue weighted by Crippen LogP contribution is -2.40. The fourth-order valence-corrected chi connectivity index (χ4v) is 4.07. The number of nitrogens with one attached hydrogen (secondary N) is 1. The summed E-state index contributed by atoms with van der Waals surface area (Å²) >= 11 is 0. The maximum atomic E-state index is 13.6. The number of hydrogen-bond donors (Lipinski definition) is 1. The van der Waals surface area contributed by atoms with Crippen molar-refractivity contribution in [2.75, 3.05) is 19.5 Å². The van der Waals surface area contributed by atoms with E-state index in [4.69, 9.17) is 13.9 Å². The van der Waals surface area contributed by atoms with Gasteiger partial charge in [0.25, 0.3) is 0 Å². The third-order valence-corrected chi connectivity index (χ3v) is 5.71. The van der Waals surface area contributed by atoms with Gasteiger partial charge in [-0.15, -0.1) is 0 Å². The topological polar surface area (TPSA) is 105 Å². The zero-order valence-electron chi connectivity index (χ0n) is 19.3. The molecule has 0 saturated carbocycles. The number of anilines is 1. The highest BCUT2D eigenvalue weighted by atomic mass is 19.1. The third-order valence-electron chi connectivity index (χ3n) is 5.71. The number of hydrogen-bond acceptors (Lipinski definition) is 6. The SMILES string of the molecule is COc1ccc(NC(=O)Cn2c(=O)n(-c3ccc(F)cc3)c(=O)c3oc4ccccc4c32)cc1OC. The number of halogens is 1. The van der Waals surface area contributed by atoms with E-state index in [1.54, 1.807) is 42.5 Å². The smallest absolute Gasteiger partial charge is 0.336 e. The van der Waals surface area contributed by atoms with Crippen LogP contribution in [0.15, 0.2) is 80.7 Å². The van der Waals surface area contributed by atoms with Crippen molar-refractivity contribution in [2.24, 2.45) is 0 Å². The van der Waals surface area contributed by atoms with Crippen LogP contribution in [-0.2, 0) is 11.3 Å². The molecule has 0 aliphatic carbocycles. The van der Waals surface area contributed by atoms with Crippen LogP contribution in [0.1, 0.15) is 0 Å². The molecule has 0 bridgehead atoms. The van der Waals surface area contributed by atoms with Gasteiger partial charge in [-0.25, -0.2) is 13.8 Å². The molecular formula is C26H20FN3O6. The molecule has 0 saturated heterocycles. The van der Waals surface area contributed by atoms with Gasteiger partial charge in [0.15, 0.2) is 11.5 Å². The standard InChI is InChI=1S/C26H20FN3O6/c1-34-20-12-9-16(13-21(20)35-2)28-22(31)14-29-23-18-5-3-4-6-19(18)36-24(23)25(32)30(26(29)33)17-10-7-15(27)8-11-17/h3-13H,14H2,1-2H3,(H,28,31). The molecule has 10 heteroatoms. The minimum Gasteiger partial charge on any atom is -0.493 e. The lowest BCUT2D eigenvalue weighted by atomic mass is 10.2.